The van der Waals surface area contributed by atoms with Crippen LogP contribution in [0.3, 0.4) is 0 Å². The largest absolute Gasteiger partial charge is 0.327 e. The monoisotopic (exact) mass is 231 g/mol. The number of rotatable bonds is 4. The van der Waals surface area contributed by atoms with Gasteiger partial charge in [-0.05, 0) is 18.6 Å². The van der Waals surface area contributed by atoms with Gasteiger partial charge in [0, 0.05) is 19.5 Å². The molecular weight excluding hydrogens is 214 g/mol. The summed E-state index contributed by atoms with van der Waals surface area (Å²) in [7, 11) is 1.67. The first-order valence-electron chi connectivity index (χ1n) is 5.61. The Bertz CT molecular complexity index is 437. The Kier molecular flexibility index (Phi) is 4.68. The molecule has 1 unspecified atom stereocenters. The van der Waals surface area contributed by atoms with Crippen LogP contribution in [0, 0.1) is 11.3 Å². The number of nitrogens with zero attached hydrogens (tertiary/aromatic N) is 2. The van der Waals surface area contributed by atoms with Crippen molar-refractivity contribution in [1.82, 2.24) is 0 Å². The Hall–Kier alpha value is -1.86. The first kappa shape index (κ1) is 13.2. The molecule has 2 N–H and O–H groups in total. The van der Waals surface area contributed by atoms with E-state index in [9.17, 15) is 4.79 Å². The zero-order valence-electron chi connectivity index (χ0n) is 10.2. The quantitative estimate of drug-likeness (QED) is 0.856. The van der Waals surface area contributed by atoms with E-state index in [4.69, 9.17) is 11.0 Å². The third-order valence-corrected chi connectivity index (χ3v) is 2.72. The average molecular weight is 231 g/mol. The van der Waals surface area contributed by atoms with E-state index in [0.29, 0.717) is 17.7 Å². The molecule has 0 spiro atoms. The number of carbonyl (C=O) groups excluding carboxylic acids is 1. The third-order valence-electron chi connectivity index (χ3n) is 2.72. The predicted octanol–water partition coefficient (Wildman–Crippen LogP) is 1.65. The summed E-state index contributed by atoms with van der Waals surface area (Å²) in [6.45, 7) is 1.95. The van der Waals surface area contributed by atoms with Crippen molar-refractivity contribution >= 4 is 11.6 Å². The molecule has 0 heterocycles. The van der Waals surface area contributed by atoms with E-state index < -0.39 is 0 Å². The Balaban J connectivity index is 2.86. The first-order chi connectivity index (χ1) is 8.10. The number of hydrogen-bond donors (Lipinski definition) is 1. The summed E-state index contributed by atoms with van der Waals surface area (Å²) >= 11 is 0. The smallest absolute Gasteiger partial charge is 0.228 e. The number of carbonyl (C=O) groups is 1. The molecule has 0 radical (unpaired) electrons. The first-order valence-corrected chi connectivity index (χ1v) is 5.61. The maximum absolute atomic E-state index is 11.9. The molecular formula is C13H17N3O. The summed E-state index contributed by atoms with van der Waals surface area (Å²) in [4.78, 5) is 13.4. The highest BCUT2D eigenvalue weighted by Gasteiger charge is 2.16. The Morgan fingerprint density at radius 3 is 2.76 bits per heavy atom. The number of nitriles is 1. The zero-order chi connectivity index (χ0) is 12.8. The van der Waals surface area contributed by atoms with Crippen molar-refractivity contribution in [2.75, 3.05) is 11.9 Å². The number of benzene rings is 1. The molecule has 1 aromatic carbocycles. The zero-order valence-corrected chi connectivity index (χ0v) is 10.2. The molecule has 1 atom stereocenters. The van der Waals surface area contributed by atoms with Gasteiger partial charge in [-0.3, -0.25) is 4.79 Å². The van der Waals surface area contributed by atoms with Crippen LogP contribution in [0.5, 0.6) is 0 Å². The highest BCUT2D eigenvalue weighted by Crippen LogP contribution is 2.19. The highest BCUT2D eigenvalue weighted by atomic mass is 16.2. The van der Waals surface area contributed by atoms with Gasteiger partial charge in [-0.25, -0.2) is 0 Å². The molecule has 1 aromatic rings. The van der Waals surface area contributed by atoms with Gasteiger partial charge < -0.3 is 10.6 Å². The van der Waals surface area contributed by atoms with Gasteiger partial charge in [0.05, 0.1) is 11.3 Å². The van der Waals surface area contributed by atoms with Gasteiger partial charge in [0.2, 0.25) is 5.91 Å². The maximum Gasteiger partial charge on any atom is 0.228 e. The molecule has 1 rings (SSSR count). The van der Waals surface area contributed by atoms with E-state index >= 15 is 0 Å². The molecule has 0 aromatic heterocycles. The van der Waals surface area contributed by atoms with Crippen LogP contribution < -0.4 is 10.6 Å². The van der Waals surface area contributed by atoms with Crippen molar-refractivity contribution < 1.29 is 4.79 Å². The minimum atomic E-state index is -0.126. The Morgan fingerprint density at radius 1 is 1.53 bits per heavy atom. The van der Waals surface area contributed by atoms with Crippen molar-refractivity contribution in [2.45, 2.75) is 25.8 Å². The fourth-order valence-electron chi connectivity index (χ4n) is 1.50. The lowest BCUT2D eigenvalue weighted by atomic mass is 10.1. The van der Waals surface area contributed by atoms with Crippen LogP contribution >= 0.6 is 0 Å². The SMILES string of the molecule is CCC(N)CC(=O)N(C)c1ccccc1C#N. The van der Waals surface area contributed by atoms with Crippen LogP contribution in [0.2, 0.25) is 0 Å². The van der Waals surface area contributed by atoms with Gasteiger partial charge in [0.1, 0.15) is 6.07 Å². The normalized spacial score (nSPS) is 11.6. The molecule has 1 amide bonds. The number of anilines is 1. The molecule has 4 nitrogen and oxygen atoms in total. The summed E-state index contributed by atoms with van der Waals surface area (Å²) in [5.74, 6) is -0.0675. The summed E-state index contributed by atoms with van der Waals surface area (Å²) in [5.41, 5.74) is 6.87. The summed E-state index contributed by atoms with van der Waals surface area (Å²) in [6.07, 6.45) is 1.06. The minimum Gasteiger partial charge on any atom is -0.327 e. The average Bonchev–Trinajstić information content (AvgIpc) is 2.37. The fraction of sp³-hybridized carbons (Fsp3) is 0.385. The van der Waals surface area contributed by atoms with Gasteiger partial charge in [-0.15, -0.1) is 0 Å². The standard InChI is InChI=1S/C13H17N3O/c1-3-11(15)8-13(17)16(2)12-7-5-4-6-10(12)9-14/h4-7,11H,3,8,15H2,1-2H3. The van der Waals surface area contributed by atoms with Gasteiger partial charge >= 0.3 is 0 Å². The summed E-state index contributed by atoms with van der Waals surface area (Å²) in [5, 5.41) is 8.96. The van der Waals surface area contributed by atoms with Gasteiger partial charge in [-0.1, -0.05) is 19.1 Å². The van der Waals surface area contributed by atoms with E-state index in [1.54, 1.807) is 31.3 Å². The lowest BCUT2D eigenvalue weighted by Crippen LogP contribution is -2.33. The van der Waals surface area contributed by atoms with Crippen molar-refractivity contribution in [3.8, 4) is 6.07 Å². The van der Waals surface area contributed by atoms with Crippen molar-refractivity contribution in [3.05, 3.63) is 29.8 Å². The number of para-hydroxylation sites is 1. The van der Waals surface area contributed by atoms with Crippen LogP contribution in [0.25, 0.3) is 0 Å². The van der Waals surface area contributed by atoms with Crippen molar-refractivity contribution in [1.29, 1.82) is 5.26 Å². The minimum absolute atomic E-state index is 0.0675. The van der Waals surface area contributed by atoms with Crippen LogP contribution in [-0.2, 0) is 4.79 Å². The lowest BCUT2D eigenvalue weighted by Gasteiger charge is -2.20. The number of nitrogens with two attached hydrogens (primary N) is 1. The molecule has 0 fully saturated rings. The van der Waals surface area contributed by atoms with E-state index in [0.717, 1.165) is 6.42 Å². The molecule has 0 aliphatic carbocycles. The Labute approximate surface area is 102 Å². The molecule has 0 bridgehead atoms. The number of amides is 1. The van der Waals surface area contributed by atoms with Gasteiger partial charge in [-0.2, -0.15) is 5.26 Å². The second-order valence-electron chi connectivity index (χ2n) is 3.95. The van der Waals surface area contributed by atoms with E-state index in [1.165, 1.54) is 4.90 Å². The summed E-state index contributed by atoms with van der Waals surface area (Å²) in [6, 6.07) is 8.98. The lowest BCUT2D eigenvalue weighted by molar-refractivity contribution is -0.118. The van der Waals surface area contributed by atoms with Gasteiger partial charge in [0.25, 0.3) is 0 Å². The Morgan fingerprint density at radius 2 is 2.18 bits per heavy atom. The summed E-state index contributed by atoms with van der Waals surface area (Å²) < 4.78 is 0. The maximum atomic E-state index is 11.9. The van der Waals surface area contributed by atoms with Crippen LogP contribution in [0.4, 0.5) is 5.69 Å². The highest BCUT2D eigenvalue weighted by molar-refractivity contribution is 5.94. The molecule has 0 aliphatic heterocycles. The molecule has 17 heavy (non-hydrogen) atoms. The third kappa shape index (κ3) is 3.30. The molecule has 0 saturated heterocycles. The molecule has 0 aliphatic rings. The fourth-order valence-corrected chi connectivity index (χ4v) is 1.50. The van der Waals surface area contributed by atoms with E-state index in [2.05, 4.69) is 6.07 Å². The second kappa shape index (κ2) is 6.02. The van der Waals surface area contributed by atoms with Crippen LogP contribution in [0.1, 0.15) is 25.3 Å². The van der Waals surface area contributed by atoms with Crippen molar-refractivity contribution in [2.24, 2.45) is 5.73 Å². The number of hydrogen-bond acceptors (Lipinski definition) is 3. The molecule has 0 saturated carbocycles. The second-order valence-corrected chi connectivity index (χ2v) is 3.95. The van der Waals surface area contributed by atoms with Crippen LogP contribution in [0.15, 0.2) is 24.3 Å². The topological polar surface area (TPSA) is 70.1 Å². The molecule has 4 heteroatoms. The predicted molar refractivity (Wildman–Crippen MR) is 67.5 cm³/mol. The van der Waals surface area contributed by atoms with Gasteiger partial charge in [0.15, 0.2) is 0 Å². The van der Waals surface area contributed by atoms with Crippen LogP contribution in [-0.4, -0.2) is 19.0 Å². The van der Waals surface area contributed by atoms with E-state index in [1.807, 2.05) is 6.92 Å². The molecule has 90 valence electrons. The van der Waals surface area contributed by atoms with Crippen molar-refractivity contribution in [3.63, 3.8) is 0 Å². The van der Waals surface area contributed by atoms with E-state index in [-0.39, 0.29) is 11.9 Å².